The van der Waals surface area contributed by atoms with Crippen molar-refractivity contribution in [3.8, 4) is 0 Å². The zero-order valence-electron chi connectivity index (χ0n) is 14.3. The normalized spacial score (nSPS) is 11.1. The number of unbranched alkanes of at least 4 members (excludes halogenated alkanes) is 17. The molecule has 20 heavy (non-hydrogen) atoms. The van der Waals surface area contributed by atoms with Crippen LogP contribution in [0.4, 0.5) is 0 Å². The Balaban J connectivity index is 2.89. The van der Waals surface area contributed by atoms with Crippen LogP contribution in [0.2, 0.25) is 0 Å². The van der Waals surface area contributed by atoms with E-state index >= 15 is 0 Å². The summed E-state index contributed by atoms with van der Waals surface area (Å²) in [5.74, 6) is 0. The Bertz CT molecular complexity index is 132. The molecule has 0 nitrogen and oxygen atoms in total. The Morgan fingerprint density at radius 3 is 1.40 bits per heavy atom. The summed E-state index contributed by atoms with van der Waals surface area (Å²) in [6, 6.07) is 0. The molecule has 0 aliphatic heterocycles. The van der Waals surface area contributed by atoms with Gasteiger partial charge in [-0.1, -0.05) is 96.8 Å². The van der Waals surface area contributed by atoms with E-state index < -0.39 is 0 Å². The Morgan fingerprint density at radius 1 is 0.550 bits per heavy atom. The van der Waals surface area contributed by atoms with E-state index in [4.69, 9.17) is 0 Å². The third-order valence-corrected chi connectivity index (χ3v) is 4.17. The van der Waals surface area contributed by atoms with Gasteiger partial charge in [-0.05, 0) is 19.3 Å². The molecule has 0 aromatic heterocycles. The first kappa shape index (κ1) is 19.9. The number of rotatable bonds is 17. The van der Waals surface area contributed by atoms with Crippen molar-refractivity contribution in [1.82, 2.24) is 0 Å². The van der Waals surface area contributed by atoms with Gasteiger partial charge in [-0.2, -0.15) is 0 Å². The highest BCUT2D eigenvalue weighted by Crippen LogP contribution is 2.13. The van der Waals surface area contributed by atoms with Gasteiger partial charge in [0.05, 0.1) is 13.3 Å². The molecule has 0 aromatic rings. The van der Waals surface area contributed by atoms with Crippen LogP contribution in [-0.2, 0) is 0 Å². The summed E-state index contributed by atoms with van der Waals surface area (Å²) in [5, 5.41) is 0. The van der Waals surface area contributed by atoms with Gasteiger partial charge >= 0.3 is 0 Å². The highest BCUT2D eigenvalue weighted by Gasteiger charge is 1.94. The number of hydrogen-bond donors (Lipinski definition) is 0. The average Bonchev–Trinajstić information content (AvgIpc) is 2.47. The molecule has 0 saturated carbocycles. The van der Waals surface area contributed by atoms with Crippen LogP contribution in [0.5, 0.6) is 0 Å². The molecule has 119 valence electrons. The van der Waals surface area contributed by atoms with Gasteiger partial charge in [0, 0.05) is 0 Å². The van der Waals surface area contributed by atoms with Gasteiger partial charge in [0.15, 0.2) is 0 Å². The van der Waals surface area contributed by atoms with Gasteiger partial charge in [0.2, 0.25) is 0 Å². The lowest BCUT2D eigenvalue weighted by atomic mass is 10.0. The van der Waals surface area contributed by atoms with Crippen molar-refractivity contribution in [1.29, 1.82) is 0 Å². The van der Waals surface area contributed by atoms with E-state index in [1.807, 2.05) is 0 Å². The van der Waals surface area contributed by atoms with Gasteiger partial charge in [0.1, 0.15) is 0 Å². The highest BCUT2D eigenvalue weighted by molar-refractivity contribution is 4.64. The molecule has 0 spiro atoms. The topological polar surface area (TPSA) is 0 Å². The van der Waals surface area contributed by atoms with Crippen molar-refractivity contribution >= 4 is 0 Å². The Kier molecular flexibility index (Phi) is 18.7. The number of hydrogen-bond acceptors (Lipinski definition) is 0. The molecule has 0 aromatic carbocycles. The first-order valence-corrected chi connectivity index (χ1v) is 9.52. The molecule has 0 heterocycles. The lowest BCUT2D eigenvalue weighted by Gasteiger charge is -2.03. The summed E-state index contributed by atoms with van der Waals surface area (Å²) >= 11 is 0. The fraction of sp³-hybridized carbons (Fsp3) is 0.900. The predicted octanol–water partition coefficient (Wildman–Crippen LogP) is 7.68. The predicted molar refractivity (Wildman–Crippen MR) is 93.8 cm³/mol. The molecule has 0 bridgehead atoms. The molecule has 0 saturated heterocycles. The average molecular weight is 281 g/mol. The minimum atomic E-state index is 1.12. The van der Waals surface area contributed by atoms with Gasteiger partial charge in [-0.15, -0.1) is 0 Å². The Labute approximate surface area is 130 Å². The quantitative estimate of drug-likeness (QED) is 0.189. The fourth-order valence-corrected chi connectivity index (χ4v) is 2.74. The maximum absolute atomic E-state index is 3.89. The smallest absolute Gasteiger partial charge is 0.0654 e. The van der Waals surface area contributed by atoms with Gasteiger partial charge in [-0.3, -0.25) is 0 Å². The largest absolute Gasteiger partial charge is 0.0850 e. The summed E-state index contributed by atoms with van der Waals surface area (Å²) < 4.78 is 0. The van der Waals surface area contributed by atoms with E-state index in [-0.39, 0.29) is 0 Å². The molecule has 0 atom stereocenters. The molecule has 0 aliphatic rings. The van der Waals surface area contributed by atoms with Crippen LogP contribution < -0.4 is 0 Å². The monoisotopic (exact) mass is 280 g/mol. The molecule has 0 aliphatic carbocycles. The SMILES string of the molecule is [CH2+]CCCCCCCCCC[CH]CCCCCCCC. The Morgan fingerprint density at radius 2 is 0.950 bits per heavy atom. The van der Waals surface area contributed by atoms with E-state index in [0.29, 0.717) is 0 Å². The summed E-state index contributed by atoms with van der Waals surface area (Å²) in [5.41, 5.74) is 0. The van der Waals surface area contributed by atoms with E-state index in [2.05, 4.69) is 20.3 Å². The van der Waals surface area contributed by atoms with Gasteiger partial charge in [-0.25, -0.2) is 0 Å². The highest BCUT2D eigenvalue weighted by atomic mass is 14.0. The standard InChI is InChI=1S/C20H40/c1-3-5-7-9-11-13-15-17-19-20-18-16-14-12-10-8-6-4-2/h18H,1,3-17,19-20H2,2H3/q+1. The van der Waals surface area contributed by atoms with E-state index in [1.54, 1.807) is 0 Å². The van der Waals surface area contributed by atoms with Crippen LogP contribution in [0.3, 0.4) is 0 Å². The molecule has 0 rings (SSSR count). The zero-order valence-corrected chi connectivity index (χ0v) is 14.3. The van der Waals surface area contributed by atoms with E-state index in [9.17, 15) is 0 Å². The van der Waals surface area contributed by atoms with Crippen molar-refractivity contribution in [3.63, 3.8) is 0 Å². The van der Waals surface area contributed by atoms with Crippen molar-refractivity contribution in [3.05, 3.63) is 13.3 Å². The second-order valence-corrected chi connectivity index (χ2v) is 6.32. The third kappa shape index (κ3) is 17.9. The third-order valence-electron chi connectivity index (χ3n) is 4.17. The lowest BCUT2D eigenvalue weighted by molar-refractivity contribution is 0.561. The van der Waals surface area contributed by atoms with Crippen LogP contribution >= 0.6 is 0 Å². The maximum Gasteiger partial charge on any atom is 0.0850 e. The lowest BCUT2D eigenvalue weighted by Crippen LogP contribution is -1.84. The maximum atomic E-state index is 3.89. The fourth-order valence-electron chi connectivity index (χ4n) is 2.74. The summed E-state index contributed by atoms with van der Waals surface area (Å²) in [6.07, 6.45) is 26.3. The molecular weight excluding hydrogens is 240 g/mol. The van der Waals surface area contributed by atoms with E-state index in [0.717, 1.165) is 6.42 Å². The molecule has 1 radical (unpaired) electrons. The van der Waals surface area contributed by atoms with Gasteiger partial charge < -0.3 is 0 Å². The summed E-state index contributed by atoms with van der Waals surface area (Å²) in [7, 11) is 0. The molecule has 0 fully saturated rings. The van der Waals surface area contributed by atoms with Crippen LogP contribution in [0, 0.1) is 13.3 Å². The van der Waals surface area contributed by atoms with E-state index in [1.165, 1.54) is 103 Å². The second kappa shape index (κ2) is 18.9. The van der Waals surface area contributed by atoms with Crippen molar-refractivity contribution in [2.45, 2.75) is 116 Å². The van der Waals surface area contributed by atoms with Crippen LogP contribution in [0.15, 0.2) is 0 Å². The minimum absolute atomic E-state index is 1.12. The summed E-state index contributed by atoms with van der Waals surface area (Å²) in [4.78, 5) is 0. The molecular formula is C20H40+. The van der Waals surface area contributed by atoms with Gasteiger partial charge in [0.25, 0.3) is 0 Å². The second-order valence-electron chi connectivity index (χ2n) is 6.32. The minimum Gasteiger partial charge on any atom is -0.0654 e. The molecule has 0 N–H and O–H groups in total. The van der Waals surface area contributed by atoms with Crippen molar-refractivity contribution in [2.24, 2.45) is 0 Å². The first-order chi connectivity index (χ1) is 9.91. The Hall–Kier alpha value is -0.130. The van der Waals surface area contributed by atoms with Crippen LogP contribution in [-0.4, -0.2) is 0 Å². The van der Waals surface area contributed by atoms with Crippen LogP contribution in [0.25, 0.3) is 0 Å². The van der Waals surface area contributed by atoms with Crippen molar-refractivity contribution in [2.75, 3.05) is 0 Å². The summed E-state index contributed by atoms with van der Waals surface area (Å²) in [6.45, 7) is 6.18. The molecule has 0 unspecified atom stereocenters. The van der Waals surface area contributed by atoms with Crippen LogP contribution in [0.1, 0.15) is 116 Å². The molecule has 0 heteroatoms. The van der Waals surface area contributed by atoms with Crippen molar-refractivity contribution < 1.29 is 0 Å². The molecule has 0 amide bonds. The first-order valence-electron chi connectivity index (χ1n) is 9.52. The zero-order chi connectivity index (χ0) is 14.7.